The Morgan fingerprint density at radius 3 is 0.768 bits per heavy atom. The molecule has 82 heavy (non-hydrogen) atoms. The van der Waals surface area contributed by atoms with Gasteiger partial charge in [-0.05, 0) is 96.3 Å². The van der Waals surface area contributed by atoms with E-state index < -0.39 is 6.10 Å². The summed E-state index contributed by atoms with van der Waals surface area (Å²) in [6, 6.07) is 0. The van der Waals surface area contributed by atoms with Crippen LogP contribution >= 0.6 is 0 Å². The molecule has 1 atom stereocenters. The van der Waals surface area contributed by atoms with Crippen molar-refractivity contribution in [2.45, 2.75) is 367 Å². The Hall–Kier alpha value is -3.41. The molecule has 474 valence electrons. The van der Waals surface area contributed by atoms with Crippen molar-refractivity contribution in [1.29, 1.82) is 0 Å². The second-order valence-corrected chi connectivity index (χ2v) is 23.8. The average molecular weight is 1140 g/mol. The number of carbonyl (C=O) groups is 3. The third-order valence-electron chi connectivity index (χ3n) is 15.6. The summed E-state index contributed by atoms with van der Waals surface area (Å²) in [5.74, 6) is -0.909. The minimum atomic E-state index is -0.792. The highest BCUT2D eigenvalue weighted by molar-refractivity contribution is 5.71. The third kappa shape index (κ3) is 67.4. The van der Waals surface area contributed by atoms with Gasteiger partial charge in [0.2, 0.25) is 0 Å². The number of hydrogen-bond donors (Lipinski definition) is 0. The van der Waals surface area contributed by atoms with Crippen LogP contribution in [-0.2, 0) is 28.6 Å². The second-order valence-electron chi connectivity index (χ2n) is 23.8. The zero-order valence-electron chi connectivity index (χ0n) is 54.5. The molecule has 0 aliphatic carbocycles. The van der Waals surface area contributed by atoms with Crippen LogP contribution in [0.4, 0.5) is 0 Å². The first kappa shape index (κ1) is 78.6. The lowest BCUT2D eigenvalue weighted by molar-refractivity contribution is -0.167. The number of esters is 3. The largest absolute Gasteiger partial charge is 0.462 e. The Morgan fingerprint density at radius 2 is 0.476 bits per heavy atom. The van der Waals surface area contributed by atoms with E-state index in [1.165, 1.54) is 225 Å². The molecule has 0 spiro atoms. The van der Waals surface area contributed by atoms with E-state index in [9.17, 15) is 14.4 Å². The van der Waals surface area contributed by atoms with Gasteiger partial charge in [0.15, 0.2) is 6.10 Å². The van der Waals surface area contributed by atoms with Gasteiger partial charge in [0.25, 0.3) is 0 Å². The van der Waals surface area contributed by atoms with Gasteiger partial charge in [-0.1, -0.05) is 331 Å². The summed E-state index contributed by atoms with van der Waals surface area (Å²) < 4.78 is 16.9. The first-order chi connectivity index (χ1) is 40.5. The summed E-state index contributed by atoms with van der Waals surface area (Å²) >= 11 is 0. The molecule has 1 unspecified atom stereocenters. The van der Waals surface area contributed by atoms with E-state index in [1.54, 1.807) is 0 Å². The molecule has 0 fully saturated rings. The van der Waals surface area contributed by atoms with E-state index in [2.05, 4.69) is 106 Å². The molecule has 0 heterocycles. The van der Waals surface area contributed by atoms with Gasteiger partial charge in [0.1, 0.15) is 13.2 Å². The molecule has 0 N–H and O–H groups in total. The lowest BCUT2D eigenvalue weighted by atomic mass is 10.0. The molecule has 0 bridgehead atoms. The Kier molecular flexibility index (Phi) is 67.2. The van der Waals surface area contributed by atoms with Crippen LogP contribution in [0.2, 0.25) is 0 Å². The van der Waals surface area contributed by atoms with Gasteiger partial charge in [-0.3, -0.25) is 14.4 Å². The highest BCUT2D eigenvalue weighted by atomic mass is 16.6. The third-order valence-corrected chi connectivity index (χ3v) is 15.6. The summed E-state index contributed by atoms with van der Waals surface area (Å²) in [6.07, 6.45) is 93.4. The van der Waals surface area contributed by atoms with E-state index >= 15 is 0 Å². The summed E-state index contributed by atoms with van der Waals surface area (Å²) in [5.41, 5.74) is 0. The van der Waals surface area contributed by atoms with Gasteiger partial charge < -0.3 is 14.2 Å². The van der Waals surface area contributed by atoms with E-state index in [4.69, 9.17) is 14.2 Å². The maximum atomic E-state index is 12.9. The lowest BCUT2D eigenvalue weighted by Gasteiger charge is -2.18. The van der Waals surface area contributed by atoms with Gasteiger partial charge in [0, 0.05) is 19.3 Å². The number of unbranched alkanes of at least 4 members (excludes halogenated alkanes) is 40. The topological polar surface area (TPSA) is 78.9 Å². The molecule has 6 heteroatoms. The Balaban J connectivity index is 4.19. The summed E-state index contributed by atoms with van der Waals surface area (Å²) in [4.78, 5) is 38.4. The van der Waals surface area contributed by atoms with Gasteiger partial charge in [0.05, 0.1) is 0 Å². The normalized spacial score (nSPS) is 12.6. The van der Waals surface area contributed by atoms with E-state index in [0.717, 1.165) is 96.3 Å². The lowest BCUT2D eigenvalue weighted by Crippen LogP contribution is -2.30. The molecule has 6 nitrogen and oxygen atoms in total. The molecule has 0 aromatic carbocycles. The number of hydrogen-bond acceptors (Lipinski definition) is 6. The van der Waals surface area contributed by atoms with Crippen LogP contribution in [0.1, 0.15) is 361 Å². The SMILES string of the molecule is CC/C=C\C/C=C\C/C=C\C/C=C\CCCCC(=O)OCC(COC(=O)CCCCCCCCCCCCCCCCCCCC/C=C\C/C=C\C/C=C\CCCCCCC)OC(=O)CCCCCCCCCCCCCCCCCC. The van der Waals surface area contributed by atoms with Crippen molar-refractivity contribution < 1.29 is 28.6 Å². The zero-order valence-corrected chi connectivity index (χ0v) is 54.5. The maximum Gasteiger partial charge on any atom is 0.306 e. The fourth-order valence-corrected chi connectivity index (χ4v) is 10.3. The monoisotopic (exact) mass is 1140 g/mol. The molecular formula is C76H134O6. The first-order valence-electron chi connectivity index (χ1n) is 35.6. The van der Waals surface area contributed by atoms with Crippen LogP contribution in [0, 0.1) is 0 Å². The van der Waals surface area contributed by atoms with Crippen molar-refractivity contribution in [1.82, 2.24) is 0 Å². The van der Waals surface area contributed by atoms with Crippen molar-refractivity contribution in [3.63, 3.8) is 0 Å². The number of allylic oxidation sites excluding steroid dienone is 14. The van der Waals surface area contributed by atoms with Crippen molar-refractivity contribution in [2.75, 3.05) is 13.2 Å². The molecule has 0 aromatic rings. The molecule has 0 amide bonds. The standard InChI is InChI=1S/C76H134O6/c1-4-7-10-13-16-19-22-25-28-30-31-32-33-34-35-36-37-38-39-40-41-42-43-44-45-46-49-51-54-57-60-63-66-69-75(78)81-72-73(71-80-74(77)68-65-62-59-56-53-50-47-27-24-21-18-15-12-9-6-3)82-76(79)70-67-64-61-58-55-52-48-29-26-23-20-17-14-11-8-5-2/h9,12,18,21-22,25,27,30-31,33-34,47,53,56,73H,4-8,10-11,13-17,19-20,23-24,26,28-29,32,35-46,48-52,54-55,57-72H2,1-3H3/b12-9-,21-18-,25-22-,31-30-,34-33-,47-27-,56-53-. The van der Waals surface area contributed by atoms with Crippen LogP contribution in [0.25, 0.3) is 0 Å². The minimum Gasteiger partial charge on any atom is -0.462 e. The highest BCUT2D eigenvalue weighted by Crippen LogP contribution is 2.18. The van der Waals surface area contributed by atoms with E-state index in [-0.39, 0.29) is 31.1 Å². The molecule has 0 saturated carbocycles. The molecule has 0 aromatic heterocycles. The van der Waals surface area contributed by atoms with Crippen molar-refractivity contribution in [3.05, 3.63) is 85.1 Å². The van der Waals surface area contributed by atoms with Crippen LogP contribution in [-0.4, -0.2) is 37.2 Å². The fourth-order valence-electron chi connectivity index (χ4n) is 10.3. The van der Waals surface area contributed by atoms with Crippen LogP contribution < -0.4 is 0 Å². The van der Waals surface area contributed by atoms with Crippen LogP contribution in [0.3, 0.4) is 0 Å². The second kappa shape index (κ2) is 70.1. The predicted molar refractivity (Wildman–Crippen MR) is 358 cm³/mol. The predicted octanol–water partition coefficient (Wildman–Crippen LogP) is 24.6. The van der Waals surface area contributed by atoms with Gasteiger partial charge >= 0.3 is 17.9 Å². The van der Waals surface area contributed by atoms with Gasteiger partial charge in [-0.15, -0.1) is 0 Å². The zero-order chi connectivity index (χ0) is 59.2. The van der Waals surface area contributed by atoms with Crippen molar-refractivity contribution in [3.8, 4) is 0 Å². The van der Waals surface area contributed by atoms with E-state index in [0.29, 0.717) is 19.3 Å². The molecular weight excluding hydrogens is 1010 g/mol. The smallest absolute Gasteiger partial charge is 0.306 e. The Morgan fingerprint density at radius 1 is 0.256 bits per heavy atom. The summed E-state index contributed by atoms with van der Waals surface area (Å²) in [6.45, 7) is 6.53. The van der Waals surface area contributed by atoms with Crippen molar-refractivity contribution >= 4 is 17.9 Å². The van der Waals surface area contributed by atoms with E-state index in [1.807, 2.05) is 0 Å². The van der Waals surface area contributed by atoms with Gasteiger partial charge in [-0.25, -0.2) is 0 Å². The summed E-state index contributed by atoms with van der Waals surface area (Å²) in [5, 5.41) is 0. The highest BCUT2D eigenvalue weighted by Gasteiger charge is 2.19. The Labute approximate surface area is 509 Å². The van der Waals surface area contributed by atoms with Gasteiger partial charge in [-0.2, -0.15) is 0 Å². The maximum absolute atomic E-state index is 12.9. The van der Waals surface area contributed by atoms with Crippen molar-refractivity contribution in [2.24, 2.45) is 0 Å². The molecule has 0 rings (SSSR count). The summed E-state index contributed by atoms with van der Waals surface area (Å²) in [7, 11) is 0. The molecule has 0 aliphatic heterocycles. The quantitative estimate of drug-likeness (QED) is 0.0261. The number of carbonyl (C=O) groups excluding carboxylic acids is 3. The Bertz CT molecular complexity index is 1550. The minimum absolute atomic E-state index is 0.0851. The number of rotatable bonds is 65. The number of ether oxygens (including phenoxy) is 3. The average Bonchev–Trinajstić information content (AvgIpc) is 3.47. The van der Waals surface area contributed by atoms with Crippen LogP contribution in [0.15, 0.2) is 85.1 Å². The fraction of sp³-hybridized carbons (Fsp3) is 0.776. The molecule has 0 saturated heterocycles. The molecule has 0 aliphatic rings. The first-order valence-corrected chi connectivity index (χ1v) is 35.6. The molecule has 0 radical (unpaired) electrons. The van der Waals surface area contributed by atoms with Crippen LogP contribution in [0.5, 0.6) is 0 Å².